The highest BCUT2D eigenvalue weighted by molar-refractivity contribution is 7.93. The van der Waals surface area contributed by atoms with Gasteiger partial charge in [0.2, 0.25) is 11.8 Å². The number of aryl methyl sites for hydroxylation is 2. The van der Waals surface area contributed by atoms with Crippen molar-refractivity contribution < 1.29 is 27.1 Å². The van der Waals surface area contributed by atoms with E-state index in [-0.39, 0.29) is 32.7 Å². The molecule has 1 unspecified atom stereocenters. The van der Waals surface area contributed by atoms with Crippen LogP contribution in [-0.4, -0.2) is 33.4 Å². The molecule has 4 rings (SSSR count). The molecular formula is C25H22Cl2FN3O5S. The van der Waals surface area contributed by atoms with Crippen LogP contribution >= 0.6 is 23.2 Å². The Morgan fingerprint density at radius 3 is 2.54 bits per heavy atom. The molecule has 0 aliphatic carbocycles. The summed E-state index contributed by atoms with van der Waals surface area (Å²) in [6.45, 7) is 3.25. The summed E-state index contributed by atoms with van der Waals surface area (Å²) in [6.07, 6.45) is -0.571. The van der Waals surface area contributed by atoms with Gasteiger partial charge < -0.3 is 15.4 Å². The molecule has 0 radical (unpaired) electrons. The summed E-state index contributed by atoms with van der Waals surface area (Å²) >= 11 is 12.3. The summed E-state index contributed by atoms with van der Waals surface area (Å²) in [5, 5.41) is 5.79. The third-order valence-electron chi connectivity index (χ3n) is 5.85. The number of rotatable bonds is 6. The minimum absolute atomic E-state index is 0.0366. The van der Waals surface area contributed by atoms with Gasteiger partial charge in [-0.2, -0.15) is 0 Å². The average molecular weight is 566 g/mol. The van der Waals surface area contributed by atoms with E-state index in [0.717, 1.165) is 16.4 Å². The second-order valence-electron chi connectivity index (χ2n) is 8.43. The number of carbonyl (C=O) groups excluding carboxylic acids is 2. The maximum absolute atomic E-state index is 14.0. The molecule has 3 aromatic rings. The van der Waals surface area contributed by atoms with Gasteiger partial charge in [0.25, 0.3) is 10.0 Å². The topological polar surface area (TPSA) is 105 Å². The molecule has 2 N–H and O–H groups in total. The minimum Gasteiger partial charge on any atom is -0.495 e. The van der Waals surface area contributed by atoms with Crippen molar-refractivity contribution in [3.8, 4) is 5.75 Å². The highest BCUT2D eigenvalue weighted by atomic mass is 35.5. The molecule has 1 heterocycles. The van der Waals surface area contributed by atoms with Gasteiger partial charge in [-0.1, -0.05) is 23.2 Å². The van der Waals surface area contributed by atoms with Gasteiger partial charge >= 0.3 is 0 Å². The van der Waals surface area contributed by atoms with Crippen molar-refractivity contribution >= 4 is 62.1 Å². The molecule has 0 spiro atoms. The summed E-state index contributed by atoms with van der Waals surface area (Å²) in [5.41, 5.74) is 1.24. The number of fused-ring (bicyclic) bond motifs is 1. The van der Waals surface area contributed by atoms with Crippen LogP contribution < -0.4 is 19.7 Å². The first-order valence-corrected chi connectivity index (χ1v) is 13.2. The van der Waals surface area contributed by atoms with Gasteiger partial charge in [0.05, 0.1) is 35.5 Å². The SMILES string of the molecule is COc1ccc(F)cc1NC(=O)CC1C(=O)Nc2cc(Cl)ccc2N1S(=O)(=O)c1cc(C)c(Cl)cc1C. The number of anilines is 3. The Kier molecular flexibility index (Phi) is 7.36. The minimum atomic E-state index is -4.37. The zero-order valence-corrected chi connectivity index (χ0v) is 22.3. The molecule has 1 aliphatic rings. The number of carbonyl (C=O) groups is 2. The van der Waals surface area contributed by atoms with Crippen molar-refractivity contribution in [2.75, 3.05) is 22.0 Å². The quantitative estimate of drug-likeness (QED) is 0.421. The van der Waals surface area contributed by atoms with Gasteiger partial charge in [-0.25, -0.2) is 12.8 Å². The lowest BCUT2D eigenvalue weighted by molar-refractivity contribution is -0.122. The van der Waals surface area contributed by atoms with E-state index in [1.54, 1.807) is 13.8 Å². The number of hydrogen-bond acceptors (Lipinski definition) is 5. The Hall–Kier alpha value is -3.34. The lowest BCUT2D eigenvalue weighted by Gasteiger charge is -2.37. The molecule has 0 fully saturated rings. The zero-order chi connectivity index (χ0) is 27.1. The largest absolute Gasteiger partial charge is 0.495 e. The number of methoxy groups -OCH3 is 1. The average Bonchev–Trinajstić information content (AvgIpc) is 2.81. The fourth-order valence-electron chi connectivity index (χ4n) is 4.06. The summed E-state index contributed by atoms with van der Waals surface area (Å²) in [5.74, 6) is -1.89. The molecule has 3 aromatic carbocycles. The monoisotopic (exact) mass is 565 g/mol. The molecule has 1 atom stereocenters. The Bertz CT molecular complexity index is 1530. The van der Waals surface area contributed by atoms with Gasteiger partial charge in [-0.3, -0.25) is 13.9 Å². The molecule has 1 aliphatic heterocycles. The van der Waals surface area contributed by atoms with Gasteiger partial charge in [0.15, 0.2) is 0 Å². The lowest BCUT2D eigenvalue weighted by Crippen LogP contribution is -2.52. The normalized spacial score (nSPS) is 15.1. The van der Waals surface area contributed by atoms with Crippen molar-refractivity contribution in [3.63, 3.8) is 0 Å². The van der Waals surface area contributed by atoms with Crippen LogP contribution in [0.2, 0.25) is 10.0 Å². The van der Waals surface area contributed by atoms with E-state index >= 15 is 0 Å². The number of amides is 2. The zero-order valence-electron chi connectivity index (χ0n) is 19.9. The molecule has 0 saturated carbocycles. The standard InChI is InChI=1S/C25H22Cl2FN3O5S/c1-13-9-23(14(2)8-17(13)27)37(34,35)31-20-6-4-15(26)10-18(20)30-25(33)21(31)12-24(32)29-19-11-16(28)5-7-22(19)36-3/h4-11,21H,12H2,1-3H3,(H,29,32)(H,30,33). The Morgan fingerprint density at radius 2 is 1.84 bits per heavy atom. The van der Waals surface area contributed by atoms with E-state index in [0.29, 0.717) is 16.1 Å². The lowest BCUT2D eigenvalue weighted by atomic mass is 10.1. The first kappa shape index (κ1) is 26.7. The second kappa shape index (κ2) is 10.2. The van der Waals surface area contributed by atoms with Gasteiger partial charge in [-0.15, -0.1) is 0 Å². The Morgan fingerprint density at radius 1 is 1.11 bits per heavy atom. The predicted octanol–water partition coefficient (Wildman–Crippen LogP) is 5.30. The van der Waals surface area contributed by atoms with Crippen LogP contribution in [0, 0.1) is 19.7 Å². The fourth-order valence-corrected chi connectivity index (χ4v) is 6.37. The maximum atomic E-state index is 14.0. The molecule has 194 valence electrons. The van der Waals surface area contributed by atoms with Crippen LogP contribution in [0.1, 0.15) is 17.5 Å². The summed E-state index contributed by atoms with van der Waals surface area (Å²) in [4.78, 5) is 26.1. The second-order valence-corrected chi connectivity index (χ2v) is 11.1. The number of halogens is 3. The Balaban J connectivity index is 1.79. The van der Waals surface area contributed by atoms with Crippen molar-refractivity contribution in [1.82, 2.24) is 0 Å². The predicted molar refractivity (Wildman–Crippen MR) is 141 cm³/mol. The van der Waals surface area contributed by atoms with E-state index in [1.807, 2.05) is 0 Å². The number of sulfonamides is 1. The van der Waals surface area contributed by atoms with E-state index in [1.165, 1.54) is 43.5 Å². The van der Waals surface area contributed by atoms with E-state index in [2.05, 4.69) is 10.6 Å². The van der Waals surface area contributed by atoms with Crippen molar-refractivity contribution in [2.45, 2.75) is 31.2 Å². The van der Waals surface area contributed by atoms with Gasteiger partial charge in [0.1, 0.15) is 17.6 Å². The molecule has 8 nitrogen and oxygen atoms in total. The Labute approximate surface area is 223 Å². The summed E-state index contributed by atoms with van der Waals surface area (Å²) in [6, 6.07) is 9.39. The molecule has 0 saturated heterocycles. The molecule has 12 heteroatoms. The highest BCUT2D eigenvalue weighted by Crippen LogP contribution is 2.40. The van der Waals surface area contributed by atoms with E-state index in [4.69, 9.17) is 27.9 Å². The molecule has 37 heavy (non-hydrogen) atoms. The number of benzene rings is 3. The fraction of sp³-hybridized carbons (Fsp3) is 0.200. The number of nitrogens with zero attached hydrogens (tertiary/aromatic N) is 1. The van der Waals surface area contributed by atoms with Crippen molar-refractivity contribution in [1.29, 1.82) is 0 Å². The van der Waals surface area contributed by atoms with Crippen molar-refractivity contribution in [3.05, 3.63) is 75.5 Å². The van der Waals surface area contributed by atoms with Crippen LogP contribution in [0.15, 0.2) is 53.4 Å². The first-order chi connectivity index (χ1) is 17.4. The van der Waals surface area contributed by atoms with Gasteiger partial charge in [-0.05, 0) is 67.4 Å². The van der Waals surface area contributed by atoms with Crippen LogP contribution in [0.4, 0.5) is 21.5 Å². The van der Waals surface area contributed by atoms with Crippen LogP contribution in [0.25, 0.3) is 0 Å². The molecule has 0 aromatic heterocycles. The smallest absolute Gasteiger partial charge is 0.265 e. The number of hydrogen-bond donors (Lipinski definition) is 2. The maximum Gasteiger partial charge on any atom is 0.265 e. The van der Waals surface area contributed by atoms with Gasteiger partial charge in [0, 0.05) is 16.1 Å². The number of nitrogens with one attached hydrogen (secondary N) is 2. The van der Waals surface area contributed by atoms with Crippen LogP contribution in [-0.2, 0) is 19.6 Å². The first-order valence-electron chi connectivity index (χ1n) is 11.0. The van der Waals surface area contributed by atoms with Crippen LogP contribution in [0.3, 0.4) is 0 Å². The molecular weight excluding hydrogens is 544 g/mol. The molecule has 2 amide bonds. The summed E-state index contributed by atoms with van der Waals surface area (Å²) < 4.78 is 47.9. The van der Waals surface area contributed by atoms with Crippen LogP contribution in [0.5, 0.6) is 5.75 Å². The third-order valence-corrected chi connectivity index (χ3v) is 8.45. The van der Waals surface area contributed by atoms with E-state index in [9.17, 15) is 22.4 Å². The molecule has 0 bridgehead atoms. The van der Waals surface area contributed by atoms with Crippen molar-refractivity contribution in [2.24, 2.45) is 0 Å². The highest BCUT2D eigenvalue weighted by Gasteiger charge is 2.42. The third kappa shape index (κ3) is 5.22. The number of ether oxygens (including phenoxy) is 1. The summed E-state index contributed by atoms with van der Waals surface area (Å²) in [7, 11) is -3.02. The van der Waals surface area contributed by atoms with E-state index < -0.39 is 40.1 Å².